The number of urea groups is 1. The molecule has 0 heterocycles. The van der Waals surface area contributed by atoms with E-state index in [9.17, 15) is 14.4 Å². The van der Waals surface area contributed by atoms with Gasteiger partial charge >= 0.3 is 12.0 Å². The van der Waals surface area contributed by atoms with Crippen LogP contribution in [0.25, 0.3) is 0 Å². The molecule has 0 bridgehead atoms. The monoisotopic (exact) mass is 403 g/mol. The van der Waals surface area contributed by atoms with Gasteiger partial charge in [-0.05, 0) is 24.1 Å². The van der Waals surface area contributed by atoms with E-state index in [1.807, 2.05) is 37.3 Å². The van der Waals surface area contributed by atoms with Gasteiger partial charge in [-0.3, -0.25) is 9.59 Å². The van der Waals surface area contributed by atoms with E-state index in [2.05, 4.69) is 10.6 Å². The minimum atomic E-state index is -0.799. The predicted octanol–water partition coefficient (Wildman–Crippen LogP) is 2.86. The molecule has 0 aliphatic carbocycles. The third-order valence-electron chi connectivity index (χ3n) is 4.01. The molecule has 2 aromatic carbocycles. The molecule has 0 saturated carbocycles. The van der Waals surface area contributed by atoms with Gasteiger partial charge in [-0.25, -0.2) is 4.79 Å². The molecule has 0 fully saturated rings. The average molecular weight is 404 g/mol. The standard InChI is InChI=1S/C20H22ClN3O4/c1-13(14-7-3-2-4-8-14)23-18(25)12-28-19(26)11-17(24-20(22)27)15-9-5-6-10-16(15)21/h2-10,13,17H,11-12H2,1H3,(H,23,25)(H3,22,24,27)/t13-,17-/m0/s1. The highest BCUT2D eigenvalue weighted by atomic mass is 35.5. The highest BCUT2D eigenvalue weighted by Gasteiger charge is 2.21. The fraction of sp³-hybridized carbons (Fsp3) is 0.250. The number of ether oxygens (including phenoxy) is 1. The van der Waals surface area contributed by atoms with Gasteiger partial charge in [-0.2, -0.15) is 0 Å². The maximum absolute atomic E-state index is 12.1. The fourth-order valence-electron chi connectivity index (χ4n) is 2.65. The first-order valence-electron chi connectivity index (χ1n) is 8.67. The molecule has 0 aliphatic rings. The molecule has 0 radical (unpaired) electrons. The van der Waals surface area contributed by atoms with E-state index in [1.54, 1.807) is 24.3 Å². The number of amides is 3. The first-order chi connectivity index (χ1) is 13.4. The van der Waals surface area contributed by atoms with Crippen LogP contribution in [0.2, 0.25) is 5.02 Å². The zero-order chi connectivity index (χ0) is 20.5. The summed E-state index contributed by atoms with van der Waals surface area (Å²) in [6.45, 7) is 1.40. The molecule has 4 N–H and O–H groups in total. The molecule has 8 heteroatoms. The van der Waals surface area contributed by atoms with E-state index in [1.165, 1.54) is 0 Å². The number of carbonyl (C=O) groups excluding carboxylic acids is 3. The molecule has 0 unspecified atom stereocenters. The molecule has 2 rings (SSSR count). The Hall–Kier alpha value is -3.06. The predicted molar refractivity (Wildman–Crippen MR) is 105 cm³/mol. The molecule has 2 atom stereocenters. The van der Waals surface area contributed by atoms with E-state index < -0.39 is 30.6 Å². The second kappa shape index (κ2) is 10.3. The minimum absolute atomic E-state index is 0.214. The van der Waals surface area contributed by atoms with E-state index in [-0.39, 0.29) is 12.5 Å². The van der Waals surface area contributed by atoms with Crippen LogP contribution < -0.4 is 16.4 Å². The van der Waals surface area contributed by atoms with Crippen LogP contribution in [0.3, 0.4) is 0 Å². The summed E-state index contributed by atoms with van der Waals surface area (Å²) in [5.41, 5.74) is 6.65. The molecule has 7 nitrogen and oxygen atoms in total. The Bertz CT molecular complexity index is 829. The summed E-state index contributed by atoms with van der Waals surface area (Å²) in [4.78, 5) is 35.4. The van der Waals surface area contributed by atoms with E-state index in [0.717, 1.165) is 5.56 Å². The summed E-state index contributed by atoms with van der Waals surface area (Å²) in [6, 6.07) is 14.4. The highest BCUT2D eigenvalue weighted by Crippen LogP contribution is 2.25. The number of hydrogen-bond donors (Lipinski definition) is 3. The van der Waals surface area contributed by atoms with Crippen LogP contribution in [-0.4, -0.2) is 24.5 Å². The van der Waals surface area contributed by atoms with Crippen molar-refractivity contribution in [2.75, 3.05) is 6.61 Å². The van der Waals surface area contributed by atoms with Crippen molar-refractivity contribution in [2.45, 2.75) is 25.4 Å². The van der Waals surface area contributed by atoms with Crippen LogP contribution in [0.4, 0.5) is 4.79 Å². The van der Waals surface area contributed by atoms with Crippen LogP contribution in [0.15, 0.2) is 54.6 Å². The van der Waals surface area contributed by atoms with Crippen LogP contribution in [-0.2, 0) is 14.3 Å². The molecular formula is C20H22ClN3O4. The average Bonchev–Trinajstić information content (AvgIpc) is 2.66. The van der Waals surface area contributed by atoms with E-state index in [0.29, 0.717) is 10.6 Å². The summed E-state index contributed by atoms with van der Waals surface area (Å²) in [5.74, 6) is -1.09. The second-order valence-electron chi connectivity index (χ2n) is 6.15. The molecule has 3 amide bonds. The summed E-state index contributed by atoms with van der Waals surface area (Å²) in [6.07, 6.45) is -0.214. The lowest BCUT2D eigenvalue weighted by Crippen LogP contribution is -2.35. The second-order valence-corrected chi connectivity index (χ2v) is 6.55. The van der Waals surface area contributed by atoms with Gasteiger partial charge in [0, 0.05) is 5.02 Å². The van der Waals surface area contributed by atoms with Crippen molar-refractivity contribution in [3.8, 4) is 0 Å². The van der Waals surface area contributed by atoms with Crippen molar-refractivity contribution in [3.05, 3.63) is 70.7 Å². The zero-order valence-corrected chi connectivity index (χ0v) is 16.1. The van der Waals surface area contributed by atoms with E-state index >= 15 is 0 Å². The smallest absolute Gasteiger partial charge is 0.312 e. The largest absolute Gasteiger partial charge is 0.456 e. The number of nitrogens with one attached hydrogen (secondary N) is 2. The third kappa shape index (κ3) is 6.59. The van der Waals surface area contributed by atoms with Gasteiger partial charge in [0.05, 0.1) is 18.5 Å². The van der Waals surface area contributed by atoms with Crippen LogP contribution >= 0.6 is 11.6 Å². The van der Waals surface area contributed by atoms with Gasteiger partial charge in [0.2, 0.25) is 0 Å². The topological polar surface area (TPSA) is 111 Å². The SMILES string of the molecule is C[C@H](NC(=O)COC(=O)C[C@H](NC(N)=O)c1ccccc1Cl)c1ccccc1. The van der Waals surface area contributed by atoms with Crippen LogP contribution in [0.5, 0.6) is 0 Å². The van der Waals surface area contributed by atoms with Gasteiger partial charge in [0.15, 0.2) is 6.61 Å². The van der Waals surface area contributed by atoms with Crippen LogP contribution in [0, 0.1) is 0 Å². The Morgan fingerprint density at radius 3 is 2.32 bits per heavy atom. The Morgan fingerprint density at radius 2 is 1.68 bits per heavy atom. The Balaban J connectivity index is 1.89. The van der Waals surface area contributed by atoms with Crippen molar-refractivity contribution < 1.29 is 19.1 Å². The lowest BCUT2D eigenvalue weighted by molar-refractivity contribution is -0.149. The molecule has 0 spiro atoms. The normalized spacial score (nSPS) is 12.5. The summed E-state index contributed by atoms with van der Waals surface area (Å²) in [7, 11) is 0. The zero-order valence-electron chi connectivity index (χ0n) is 15.4. The van der Waals surface area contributed by atoms with Crippen molar-refractivity contribution in [1.82, 2.24) is 10.6 Å². The van der Waals surface area contributed by atoms with Gasteiger partial charge < -0.3 is 21.1 Å². The third-order valence-corrected chi connectivity index (χ3v) is 4.35. The molecule has 2 aromatic rings. The summed E-state index contributed by atoms with van der Waals surface area (Å²) in [5, 5.41) is 5.59. The van der Waals surface area contributed by atoms with Gasteiger partial charge in [0.25, 0.3) is 5.91 Å². The summed E-state index contributed by atoms with van der Waals surface area (Å²) < 4.78 is 5.03. The van der Waals surface area contributed by atoms with Crippen molar-refractivity contribution in [2.24, 2.45) is 5.73 Å². The number of esters is 1. The van der Waals surface area contributed by atoms with Gasteiger partial charge in [-0.1, -0.05) is 60.1 Å². The van der Waals surface area contributed by atoms with Crippen LogP contribution in [0.1, 0.15) is 36.6 Å². The Kier molecular flexibility index (Phi) is 7.83. The molecule has 148 valence electrons. The first-order valence-corrected chi connectivity index (χ1v) is 9.05. The minimum Gasteiger partial charge on any atom is -0.456 e. The molecule has 28 heavy (non-hydrogen) atoms. The molecular weight excluding hydrogens is 382 g/mol. The number of halogens is 1. The Morgan fingerprint density at radius 1 is 1.04 bits per heavy atom. The maximum Gasteiger partial charge on any atom is 0.312 e. The quantitative estimate of drug-likeness (QED) is 0.588. The van der Waals surface area contributed by atoms with Gasteiger partial charge in [0.1, 0.15) is 0 Å². The molecule has 0 aliphatic heterocycles. The Labute approximate surface area is 168 Å². The highest BCUT2D eigenvalue weighted by molar-refractivity contribution is 6.31. The fourth-order valence-corrected chi connectivity index (χ4v) is 2.92. The lowest BCUT2D eigenvalue weighted by Gasteiger charge is -2.19. The number of carbonyl (C=O) groups is 3. The lowest BCUT2D eigenvalue weighted by atomic mass is 10.0. The number of nitrogens with two attached hydrogens (primary N) is 1. The van der Waals surface area contributed by atoms with Gasteiger partial charge in [-0.15, -0.1) is 0 Å². The number of primary amides is 1. The molecule has 0 saturated heterocycles. The number of benzene rings is 2. The summed E-state index contributed by atoms with van der Waals surface area (Å²) >= 11 is 6.12. The van der Waals surface area contributed by atoms with Crippen molar-refractivity contribution in [3.63, 3.8) is 0 Å². The number of hydrogen-bond acceptors (Lipinski definition) is 4. The van der Waals surface area contributed by atoms with Crippen molar-refractivity contribution >= 4 is 29.5 Å². The number of rotatable bonds is 8. The first kappa shape index (κ1) is 21.2. The maximum atomic E-state index is 12.1. The van der Waals surface area contributed by atoms with Crippen molar-refractivity contribution in [1.29, 1.82) is 0 Å². The van der Waals surface area contributed by atoms with E-state index in [4.69, 9.17) is 22.1 Å². The molecule has 0 aromatic heterocycles.